The Morgan fingerprint density at radius 3 is 2.75 bits per heavy atom. The zero-order valence-corrected chi connectivity index (χ0v) is 13.6. The van der Waals surface area contributed by atoms with Gasteiger partial charge in [0.1, 0.15) is 12.4 Å². The number of rotatable bonds is 3. The van der Waals surface area contributed by atoms with Gasteiger partial charge in [0, 0.05) is 10.6 Å². The van der Waals surface area contributed by atoms with Crippen molar-refractivity contribution in [1.82, 2.24) is 4.57 Å². The molecular weight excluding hydrogens is 355 g/mol. The van der Waals surface area contributed by atoms with Crippen LogP contribution in [0.3, 0.4) is 0 Å². The maximum absolute atomic E-state index is 13.5. The van der Waals surface area contributed by atoms with Crippen molar-refractivity contribution in [2.24, 2.45) is 4.99 Å². The number of aliphatic carboxylic acids is 1. The number of fused-ring (bicyclic) bond motifs is 1. The molecule has 3 aromatic rings. The third-order valence-electron chi connectivity index (χ3n) is 3.21. The fraction of sp³-hybridized carbons (Fsp3) is 0.0625. The molecule has 3 rings (SSSR count). The first-order valence-corrected chi connectivity index (χ1v) is 7.99. The van der Waals surface area contributed by atoms with Crippen LogP contribution in [0.25, 0.3) is 10.2 Å². The summed E-state index contributed by atoms with van der Waals surface area (Å²) in [4.78, 5) is 27.6. The Morgan fingerprint density at radius 1 is 1.25 bits per heavy atom. The van der Waals surface area contributed by atoms with Crippen LogP contribution in [0, 0.1) is 5.82 Å². The molecule has 1 N–H and O–H groups in total. The van der Waals surface area contributed by atoms with Crippen molar-refractivity contribution in [3.05, 3.63) is 63.7 Å². The third kappa shape index (κ3) is 3.37. The molecule has 1 amide bonds. The highest BCUT2D eigenvalue weighted by Gasteiger charge is 2.12. The van der Waals surface area contributed by atoms with E-state index in [0.717, 1.165) is 11.3 Å². The van der Waals surface area contributed by atoms with E-state index in [4.69, 9.17) is 16.7 Å². The molecule has 0 saturated carbocycles. The van der Waals surface area contributed by atoms with Crippen molar-refractivity contribution in [1.29, 1.82) is 0 Å². The van der Waals surface area contributed by atoms with Gasteiger partial charge in [-0.1, -0.05) is 29.0 Å². The number of halogens is 2. The number of amides is 1. The zero-order chi connectivity index (χ0) is 17.3. The molecule has 0 aliphatic heterocycles. The van der Waals surface area contributed by atoms with Gasteiger partial charge in [0.15, 0.2) is 4.80 Å². The molecule has 1 heterocycles. The van der Waals surface area contributed by atoms with E-state index in [-0.39, 0.29) is 10.4 Å². The summed E-state index contributed by atoms with van der Waals surface area (Å²) in [5, 5.41) is 9.47. The third-order valence-corrected chi connectivity index (χ3v) is 4.50. The molecular formula is C16H10ClFN2O3S. The number of carboxylic acids is 1. The van der Waals surface area contributed by atoms with Crippen LogP contribution in [0.5, 0.6) is 0 Å². The van der Waals surface area contributed by atoms with E-state index in [1.807, 2.05) is 0 Å². The summed E-state index contributed by atoms with van der Waals surface area (Å²) in [6.45, 7) is -0.425. The van der Waals surface area contributed by atoms with Gasteiger partial charge in [-0.2, -0.15) is 4.99 Å². The average molecular weight is 365 g/mol. The van der Waals surface area contributed by atoms with Gasteiger partial charge in [0.25, 0.3) is 5.91 Å². The second-order valence-corrected chi connectivity index (χ2v) is 6.35. The lowest BCUT2D eigenvalue weighted by Crippen LogP contribution is -2.21. The Morgan fingerprint density at radius 2 is 2.04 bits per heavy atom. The topological polar surface area (TPSA) is 71.7 Å². The molecule has 0 atom stereocenters. The maximum Gasteiger partial charge on any atom is 0.323 e. The Balaban J connectivity index is 2.17. The summed E-state index contributed by atoms with van der Waals surface area (Å²) in [5.74, 6) is -2.16. The van der Waals surface area contributed by atoms with E-state index >= 15 is 0 Å². The van der Waals surface area contributed by atoms with Crippen molar-refractivity contribution in [2.45, 2.75) is 6.54 Å². The molecule has 0 saturated heterocycles. The number of thiazole rings is 1. The maximum atomic E-state index is 13.5. The number of carboxylic acid groups (broad SMARTS) is 1. The van der Waals surface area contributed by atoms with Gasteiger partial charge in [0.2, 0.25) is 0 Å². The lowest BCUT2D eigenvalue weighted by Gasteiger charge is -2.01. The SMILES string of the molecule is O=C(O)Cn1/c(=N/C(=O)c2cccc(Cl)c2)sc2ccc(F)cc21. The van der Waals surface area contributed by atoms with E-state index in [0.29, 0.717) is 15.2 Å². The summed E-state index contributed by atoms with van der Waals surface area (Å²) in [6, 6.07) is 10.3. The molecule has 5 nitrogen and oxygen atoms in total. The molecule has 1 aromatic heterocycles. The van der Waals surface area contributed by atoms with Gasteiger partial charge >= 0.3 is 5.97 Å². The number of hydrogen-bond acceptors (Lipinski definition) is 3. The predicted octanol–water partition coefficient (Wildman–Crippen LogP) is 3.32. The molecule has 0 fully saturated rings. The van der Waals surface area contributed by atoms with Crippen LogP contribution in [-0.4, -0.2) is 21.6 Å². The number of carbonyl (C=O) groups is 2. The second kappa shape index (κ2) is 6.54. The van der Waals surface area contributed by atoms with Gasteiger partial charge in [-0.3, -0.25) is 9.59 Å². The van der Waals surface area contributed by atoms with Crippen LogP contribution in [0.2, 0.25) is 5.02 Å². The molecule has 122 valence electrons. The summed E-state index contributed by atoms with van der Waals surface area (Å²) in [5.41, 5.74) is 0.660. The van der Waals surface area contributed by atoms with Crippen LogP contribution in [0.15, 0.2) is 47.5 Å². The van der Waals surface area contributed by atoms with E-state index in [9.17, 15) is 14.0 Å². The van der Waals surface area contributed by atoms with Crippen LogP contribution in [0.1, 0.15) is 10.4 Å². The summed E-state index contributed by atoms with van der Waals surface area (Å²) < 4.78 is 15.4. The smallest absolute Gasteiger partial charge is 0.323 e. The summed E-state index contributed by atoms with van der Waals surface area (Å²) in [6.07, 6.45) is 0. The molecule has 0 bridgehead atoms. The van der Waals surface area contributed by atoms with Crippen molar-refractivity contribution in [2.75, 3.05) is 0 Å². The van der Waals surface area contributed by atoms with Crippen molar-refractivity contribution in [3.63, 3.8) is 0 Å². The minimum Gasteiger partial charge on any atom is -0.480 e. The highest BCUT2D eigenvalue weighted by atomic mass is 35.5. The van der Waals surface area contributed by atoms with Crippen LogP contribution in [-0.2, 0) is 11.3 Å². The number of nitrogens with zero attached hydrogens (tertiary/aromatic N) is 2. The molecule has 24 heavy (non-hydrogen) atoms. The molecule has 8 heteroatoms. The summed E-state index contributed by atoms with van der Waals surface area (Å²) in [7, 11) is 0. The molecule has 0 spiro atoms. The van der Waals surface area contributed by atoms with Crippen molar-refractivity contribution < 1.29 is 19.1 Å². The van der Waals surface area contributed by atoms with Crippen LogP contribution >= 0.6 is 22.9 Å². The minimum absolute atomic E-state index is 0.183. The molecule has 0 unspecified atom stereocenters. The zero-order valence-electron chi connectivity index (χ0n) is 12.1. The Labute approximate surface area is 144 Å². The van der Waals surface area contributed by atoms with Crippen molar-refractivity contribution in [3.8, 4) is 0 Å². The molecule has 2 aromatic carbocycles. The quantitative estimate of drug-likeness (QED) is 0.775. The molecule has 0 aliphatic rings. The second-order valence-electron chi connectivity index (χ2n) is 4.90. The predicted molar refractivity (Wildman–Crippen MR) is 88.8 cm³/mol. The number of hydrogen-bond donors (Lipinski definition) is 1. The molecule has 0 radical (unpaired) electrons. The average Bonchev–Trinajstić information content (AvgIpc) is 2.84. The van der Waals surface area contributed by atoms with Gasteiger partial charge in [0.05, 0.1) is 10.2 Å². The first-order valence-electron chi connectivity index (χ1n) is 6.79. The molecule has 0 aliphatic carbocycles. The van der Waals surface area contributed by atoms with Crippen LogP contribution < -0.4 is 4.80 Å². The largest absolute Gasteiger partial charge is 0.480 e. The highest BCUT2D eigenvalue weighted by Crippen LogP contribution is 2.19. The normalized spacial score (nSPS) is 11.8. The van der Waals surface area contributed by atoms with Gasteiger partial charge in [-0.05, 0) is 36.4 Å². The number of aromatic nitrogens is 1. The van der Waals surface area contributed by atoms with Gasteiger partial charge in [-0.15, -0.1) is 0 Å². The number of benzene rings is 2. The van der Waals surface area contributed by atoms with E-state index in [1.54, 1.807) is 18.2 Å². The fourth-order valence-electron chi connectivity index (χ4n) is 2.19. The number of carbonyl (C=O) groups excluding carboxylic acids is 1. The van der Waals surface area contributed by atoms with Crippen molar-refractivity contribution >= 4 is 45.0 Å². The lowest BCUT2D eigenvalue weighted by molar-refractivity contribution is -0.137. The lowest BCUT2D eigenvalue weighted by atomic mass is 10.2. The monoisotopic (exact) mass is 364 g/mol. The Hall–Kier alpha value is -2.51. The van der Waals surface area contributed by atoms with Gasteiger partial charge in [-0.25, -0.2) is 4.39 Å². The van der Waals surface area contributed by atoms with Gasteiger partial charge < -0.3 is 9.67 Å². The summed E-state index contributed by atoms with van der Waals surface area (Å²) >= 11 is 6.97. The Kier molecular flexibility index (Phi) is 4.46. The van der Waals surface area contributed by atoms with Crippen LogP contribution in [0.4, 0.5) is 4.39 Å². The minimum atomic E-state index is -1.12. The standard InChI is InChI=1S/C16H10ClFN2O3S/c17-10-3-1-2-9(6-10)15(23)19-16-20(8-14(21)22)12-7-11(18)4-5-13(12)24-16/h1-7H,8H2,(H,21,22)/b19-16-. The van der Waals surface area contributed by atoms with E-state index in [2.05, 4.69) is 4.99 Å². The first-order chi connectivity index (χ1) is 11.4. The highest BCUT2D eigenvalue weighted by molar-refractivity contribution is 7.16. The van der Waals surface area contributed by atoms with E-state index < -0.39 is 24.2 Å². The Bertz CT molecular complexity index is 1030. The first kappa shape index (κ1) is 16.4. The fourth-order valence-corrected chi connectivity index (χ4v) is 3.39. The van der Waals surface area contributed by atoms with E-state index in [1.165, 1.54) is 28.8 Å².